The number of hydrogen-bond acceptors (Lipinski definition) is 4. The fourth-order valence-electron chi connectivity index (χ4n) is 3.35. The molecule has 26 heavy (non-hydrogen) atoms. The molecule has 136 valence electrons. The number of rotatable bonds is 5. The maximum absolute atomic E-state index is 12.9. The molecule has 1 aliphatic heterocycles. The quantitative estimate of drug-likeness (QED) is 0.570. The molecule has 1 heterocycles. The highest BCUT2D eigenvalue weighted by Gasteiger charge is 2.40. The van der Waals surface area contributed by atoms with Gasteiger partial charge in [0.15, 0.2) is 0 Å². The van der Waals surface area contributed by atoms with E-state index in [4.69, 9.17) is 5.21 Å². The highest BCUT2D eigenvalue weighted by Crippen LogP contribution is 2.32. The molecule has 1 aliphatic rings. The minimum absolute atomic E-state index is 0.0658. The summed E-state index contributed by atoms with van der Waals surface area (Å²) in [5, 5.41) is 11.9. The van der Waals surface area contributed by atoms with E-state index in [1.807, 2.05) is 35.2 Å². The van der Waals surface area contributed by atoms with E-state index in [1.165, 1.54) is 0 Å². The van der Waals surface area contributed by atoms with E-state index in [0.717, 1.165) is 11.3 Å². The van der Waals surface area contributed by atoms with Crippen LogP contribution in [0.25, 0.3) is 0 Å². The van der Waals surface area contributed by atoms with Crippen LogP contribution in [0.5, 0.6) is 0 Å². The Morgan fingerprint density at radius 3 is 2.38 bits per heavy atom. The summed E-state index contributed by atoms with van der Waals surface area (Å²) in [4.78, 5) is 26.2. The first kappa shape index (κ1) is 17.9. The van der Waals surface area contributed by atoms with Crippen LogP contribution in [0.3, 0.4) is 0 Å². The number of carbonyl (C=O) groups is 2. The van der Waals surface area contributed by atoms with Gasteiger partial charge >= 0.3 is 0 Å². The summed E-state index contributed by atoms with van der Waals surface area (Å²) in [6.07, 6.45) is 0.716. The standard InChI is InChI=1S/C20H23N3O3/c1-20(2,15-6-4-3-5-7-15)23-13-12-17(19(23)25)21-16-10-8-14(9-11-16)18(24)22-26/h3-11,17,21,26H,12-13H2,1-2H3,(H,22,24). The average Bonchev–Trinajstić information content (AvgIpc) is 3.03. The zero-order valence-electron chi connectivity index (χ0n) is 14.9. The molecule has 1 unspecified atom stereocenters. The van der Waals surface area contributed by atoms with Gasteiger partial charge in [0.2, 0.25) is 5.91 Å². The van der Waals surface area contributed by atoms with Crippen molar-refractivity contribution in [1.29, 1.82) is 0 Å². The first-order valence-corrected chi connectivity index (χ1v) is 8.61. The summed E-state index contributed by atoms with van der Waals surface area (Å²) in [5.41, 5.74) is 3.44. The molecule has 0 aromatic heterocycles. The third-order valence-corrected chi connectivity index (χ3v) is 4.95. The molecule has 3 N–H and O–H groups in total. The molecule has 2 aromatic carbocycles. The summed E-state index contributed by atoms with van der Waals surface area (Å²) >= 11 is 0. The molecule has 1 fully saturated rings. The zero-order valence-corrected chi connectivity index (χ0v) is 14.9. The van der Waals surface area contributed by atoms with Crippen molar-refractivity contribution in [1.82, 2.24) is 10.4 Å². The van der Waals surface area contributed by atoms with Crippen molar-refractivity contribution >= 4 is 17.5 Å². The Bertz CT molecular complexity index is 788. The monoisotopic (exact) mass is 353 g/mol. The predicted molar refractivity (Wildman–Crippen MR) is 98.9 cm³/mol. The lowest BCUT2D eigenvalue weighted by Gasteiger charge is -2.36. The van der Waals surface area contributed by atoms with Crippen LogP contribution < -0.4 is 10.8 Å². The van der Waals surface area contributed by atoms with Crippen molar-refractivity contribution in [3.63, 3.8) is 0 Å². The molecule has 1 atom stereocenters. The topological polar surface area (TPSA) is 81.7 Å². The first-order chi connectivity index (χ1) is 12.4. The van der Waals surface area contributed by atoms with Gasteiger partial charge < -0.3 is 10.2 Å². The van der Waals surface area contributed by atoms with E-state index in [9.17, 15) is 9.59 Å². The number of benzene rings is 2. The number of amides is 2. The van der Waals surface area contributed by atoms with Gasteiger partial charge in [0.25, 0.3) is 5.91 Å². The summed E-state index contributed by atoms with van der Waals surface area (Å²) in [5.74, 6) is -0.500. The van der Waals surface area contributed by atoms with Crippen molar-refractivity contribution in [3.05, 3.63) is 65.7 Å². The van der Waals surface area contributed by atoms with Gasteiger partial charge in [0, 0.05) is 17.8 Å². The molecule has 0 saturated carbocycles. The van der Waals surface area contributed by atoms with Crippen LogP contribution in [0.1, 0.15) is 36.2 Å². The Balaban J connectivity index is 1.70. The highest BCUT2D eigenvalue weighted by atomic mass is 16.5. The van der Waals surface area contributed by atoms with E-state index in [2.05, 4.69) is 19.2 Å². The SMILES string of the molecule is CC(C)(c1ccccc1)N1CCC(Nc2ccc(C(=O)NO)cc2)C1=O. The number of nitrogens with one attached hydrogen (secondary N) is 2. The van der Waals surface area contributed by atoms with Gasteiger partial charge in [-0.05, 0) is 50.1 Å². The van der Waals surface area contributed by atoms with Gasteiger partial charge in [-0.15, -0.1) is 0 Å². The van der Waals surface area contributed by atoms with E-state index in [0.29, 0.717) is 18.5 Å². The van der Waals surface area contributed by atoms with Crippen LogP contribution in [0.15, 0.2) is 54.6 Å². The number of nitrogens with zero attached hydrogens (tertiary/aromatic N) is 1. The predicted octanol–water partition coefficient (Wildman–Crippen LogP) is 2.75. The molecule has 2 aromatic rings. The van der Waals surface area contributed by atoms with E-state index >= 15 is 0 Å². The van der Waals surface area contributed by atoms with Gasteiger partial charge in [-0.2, -0.15) is 0 Å². The first-order valence-electron chi connectivity index (χ1n) is 8.61. The Morgan fingerprint density at radius 2 is 1.77 bits per heavy atom. The molecular weight excluding hydrogens is 330 g/mol. The fourth-order valence-corrected chi connectivity index (χ4v) is 3.35. The highest BCUT2D eigenvalue weighted by molar-refractivity contribution is 5.94. The second-order valence-corrected chi connectivity index (χ2v) is 6.92. The average molecular weight is 353 g/mol. The van der Waals surface area contributed by atoms with Crippen LogP contribution in [-0.2, 0) is 10.3 Å². The summed E-state index contributed by atoms with van der Waals surface area (Å²) in [7, 11) is 0. The van der Waals surface area contributed by atoms with Gasteiger partial charge in [0.1, 0.15) is 6.04 Å². The molecule has 0 aliphatic carbocycles. The normalized spacial score (nSPS) is 17.3. The maximum Gasteiger partial charge on any atom is 0.274 e. The van der Waals surface area contributed by atoms with E-state index < -0.39 is 5.91 Å². The van der Waals surface area contributed by atoms with Crippen molar-refractivity contribution < 1.29 is 14.8 Å². The summed E-state index contributed by atoms with van der Waals surface area (Å²) in [6.45, 7) is 4.80. The lowest BCUT2D eigenvalue weighted by Crippen LogP contribution is -2.45. The number of hydrogen-bond donors (Lipinski definition) is 3. The van der Waals surface area contributed by atoms with Crippen LogP contribution in [-0.4, -0.2) is 34.5 Å². The molecule has 3 rings (SSSR count). The molecule has 6 heteroatoms. The molecule has 6 nitrogen and oxygen atoms in total. The Labute approximate surface area is 152 Å². The molecular formula is C20H23N3O3. The maximum atomic E-state index is 12.9. The van der Waals surface area contributed by atoms with E-state index in [-0.39, 0.29) is 17.5 Å². The summed E-state index contributed by atoms with van der Waals surface area (Å²) in [6, 6.07) is 16.4. The molecule has 0 spiro atoms. The van der Waals surface area contributed by atoms with Crippen LogP contribution in [0, 0.1) is 0 Å². The number of carbonyl (C=O) groups excluding carboxylic acids is 2. The molecule has 0 radical (unpaired) electrons. The fraction of sp³-hybridized carbons (Fsp3) is 0.300. The van der Waals surface area contributed by atoms with E-state index in [1.54, 1.807) is 29.7 Å². The summed E-state index contributed by atoms with van der Waals surface area (Å²) < 4.78 is 0. The smallest absolute Gasteiger partial charge is 0.274 e. The van der Waals surface area contributed by atoms with Gasteiger partial charge in [-0.25, -0.2) is 5.48 Å². The Hall–Kier alpha value is -2.86. The second-order valence-electron chi connectivity index (χ2n) is 6.92. The minimum Gasteiger partial charge on any atom is -0.374 e. The van der Waals surface area contributed by atoms with Gasteiger partial charge in [0.05, 0.1) is 5.54 Å². The van der Waals surface area contributed by atoms with Crippen molar-refractivity contribution in [2.24, 2.45) is 0 Å². The molecule has 2 amide bonds. The minimum atomic E-state index is -0.565. The molecule has 0 bridgehead atoms. The number of anilines is 1. The molecule has 1 saturated heterocycles. The van der Waals surface area contributed by atoms with Crippen molar-refractivity contribution in [2.45, 2.75) is 31.8 Å². The lowest BCUT2D eigenvalue weighted by molar-refractivity contribution is -0.133. The third-order valence-electron chi connectivity index (χ3n) is 4.95. The Kier molecular flexibility index (Phi) is 4.95. The largest absolute Gasteiger partial charge is 0.374 e. The van der Waals surface area contributed by atoms with Crippen molar-refractivity contribution in [3.8, 4) is 0 Å². The Morgan fingerprint density at radius 1 is 1.12 bits per heavy atom. The third kappa shape index (κ3) is 3.41. The van der Waals surface area contributed by atoms with Crippen molar-refractivity contribution in [2.75, 3.05) is 11.9 Å². The van der Waals surface area contributed by atoms with Crippen LogP contribution >= 0.6 is 0 Å². The van der Waals surface area contributed by atoms with Crippen LogP contribution in [0.2, 0.25) is 0 Å². The van der Waals surface area contributed by atoms with Crippen LogP contribution in [0.4, 0.5) is 5.69 Å². The zero-order chi connectivity index (χ0) is 18.7. The van der Waals surface area contributed by atoms with Gasteiger partial charge in [-0.1, -0.05) is 30.3 Å². The number of hydroxylamine groups is 1. The lowest BCUT2D eigenvalue weighted by atomic mass is 9.92. The van der Waals surface area contributed by atoms with Gasteiger partial charge in [-0.3, -0.25) is 14.8 Å². The number of likely N-dealkylation sites (tertiary alicyclic amines) is 1. The second kappa shape index (κ2) is 7.17.